The molecule has 0 saturated carbocycles. The Bertz CT molecular complexity index is 839. The second-order valence-corrected chi connectivity index (χ2v) is 5.77. The lowest BCUT2D eigenvalue weighted by Gasteiger charge is -2.11. The maximum atomic E-state index is 12.9. The summed E-state index contributed by atoms with van der Waals surface area (Å²) < 4.78 is 18.7. The molecule has 8 heteroatoms. The molecule has 1 aliphatic heterocycles. The van der Waals surface area contributed by atoms with Crippen molar-refractivity contribution >= 4 is 51.0 Å². The lowest BCUT2D eigenvalue weighted by atomic mass is 10.2. The van der Waals surface area contributed by atoms with Crippen LogP contribution < -0.4 is 4.90 Å². The standard InChI is InChI=1S/C15H8BrFN2O3S/c16-10-5-8(1-3-11(10)20)6-12-14(21)19(15(23)22-12)9-2-4-13(17)18-7-9/h1-7,20H/b12-6+. The van der Waals surface area contributed by atoms with Crippen LogP contribution in [-0.2, 0) is 9.53 Å². The number of phenolic OH excluding ortho intramolecular Hbond substituents is 1. The Labute approximate surface area is 144 Å². The van der Waals surface area contributed by atoms with Gasteiger partial charge in [0.1, 0.15) is 5.75 Å². The van der Waals surface area contributed by atoms with Crippen LogP contribution in [0.5, 0.6) is 5.75 Å². The summed E-state index contributed by atoms with van der Waals surface area (Å²) in [4.78, 5) is 17.0. The Kier molecular flexibility index (Phi) is 4.10. The predicted molar refractivity (Wildman–Crippen MR) is 89.1 cm³/mol. The van der Waals surface area contributed by atoms with E-state index >= 15 is 0 Å². The van der Waals surface area contributed by atoms with Gasteiger partial charge in [-0.3, -0.25) is 4.79 Å². The van der Waals surface area contributed by atoms with E-state index in [9.17, 15) is 14.3 Å². The number of hydrogen-bond donors (Lipinski definition) is 1. The Morgan fingerprint density at radius 1 is 1.35 bits per heavy atom. The van der Waals surface area contributed by atoms with E-state index in [2.05, 4.69) is 20.9 Å². The fourth-order valence-electron chi connectivity index (χ4n) is 1.95. The van der Waals surface area contributed by atoms with Gasteiger partial charge in [-0.15, -0.1) is 0 Å². The molecular formula is C15H8BrFN2O3S. The highest BCUT2D eigenvalue weighted by atomic mass is 79.9. The average Bonchev–Trinajstić information content (AvgIpc) is 2.79. The number of pyridine rings is 1. The molecule has 0 unspecified atom stereocenters. The van der Waals surface area contributed by atoms with E-state index in [4.69, 9.17) is 17.0 Å². The van der Waals surface area contributed by atoms with E-state index in [0.29, 0.717) is 15.7 Å². The van der Waals surface area contributed by atoms with Gasteiger partial charge in [0.15, 0.2) is 5.76 Å². The van der Waals surface area contributed by atoms with Crippen molar-refractivity contribution in [3.05, 3.63) is 58.3 Å². The summed E-state index contributed by atoms with van der Waals surface area (Å²) >= 11 is 8.24. The third-order valence-electron chi connectivity index (χ3n) is 3.03. The number of rotatable bonds is 2. The van der Waals surface area contributed by atoms with E-state index in [0.717, 1.165) is 11.0 Å². The van der Waals surface area contributed by atoms with Crippen LogP contribution in [0.25, 0.3) is 6.08 Å². The molecule has 0 aliphatic carbocycles. The van der Waals surface area contributed by atoms with Gasteiger partial charge in [-0.05, 0) is 64.1 Å². The molecule has 0 radical (unpaired) electrons. The van der Waals surface area contributed by atoms with Crippen molar-refractivity contribution in [2.24, 2.45) is 0 Å². The fraction of sp³-hybridized carbons (Fsp3) is 0. The quantitative estimate of drug-likeness (QED) is 0.480. The number of benzene rings is 1. The minimum atomic E-state index is -0.656. The molecule has 23 heavy (non-hydrogen) atoms. The topological polar surface area (TPSA) is 62.7 Å². The molecule has 3 rings (SSSR count). The number of amides is 1. The highest BCUT2D eigenvalue weighted by Crippen LogP contribution is 2.28. The van der Waals surface area contributed by atoms with Crippen molar-refractivity contribution in [1.82, 2.24) is 4.98 Å². The Balaban J connectivity index is 1.92. The molecule has 0 spiro atoms. The van der Waals surface area contributed by atoms with Gasteiger partial charge in [-0.2, -0.15) is 4.39 Å². The van der Waals surface area contributed by atoms with E-state index < -0.39 is 11.9 Å². The molecular weight excluding hydrogens is 387 g/mol. The number of halogens is 2. The monoisotopic (exact) mass is 394 g/mol. The molecule has 0 atom stereocenters. The number of aromatic nitrogens is 1. The zero-order valence-corrected chi connectivity index (χ0v) is 13.8. The summed E-state index contributed by atoms with van der Waals surface area (Å²) in [6.45, 7) is 0. The van der Waals surface area contributed by atoms with Crippen molar-refractivity contribution in [3.63, 3.8) is 0 Å². The Morgan fingerprint density at radius 3 is 2.78 bits per heavy atom. The maximum Gasteiger partial charge on any atom is 0.301 e. The highest BCUT2D eigenvalue weighted by Gasteiger charge is 2.35. The van der Waals surface area contributed by atoms with Gasteiger partial charge in [-0.1, -0.05) is 6.07 Å². The van der Waals surface area contributed by atoms with E-state index in [1.165, 1.54) is 24.4 Å². The largest absolute Gasteiger partial charge is 0.507 e. The minimum Gasteiger partial charge on any atom is -0.507 e. The second-order valence-electron chi connectivity index (χ2n) is 4.57. The van der Waals surface area contributed by atoms with Crippen molar-refractivity contribution in [1.29, 1.82) is 0 Å². The summed E-state index contributed by atoms with van der Waals surface area (Å²) in [6, 6.07) is 7.24. The van der Waals surface area contributed by atoms with Crippen LogP contribution in [0.2, 0.25) is 0 Å². The van der Waals surface area contributed by atoms with Gasteiger partial charge in [0, 0.05) is 0 Å². The number of carbonyl (C=O) groups excluding carboxylic acids is 1. The predicted octanol–water partition coefficient (Wildman–Crippen LogP) is 3.38. The van der Waals surface area contributed by atoms with E-state index in [-0.39, 0.29) is 16.7 Å². The third-order valence-corrected chi connectivity index (χ3v) is 3.93. The average molecular weight is 395 g/mol. The minimum absolute atomic E-state index is 0.0249. The Morgan fingerprint density at radius 2 is 2.13 bits per heavy atom. The summed E-state index contributed by atoms with van der Waals surface area (Å²) in [5.41, 5.74) is 0.955. The molecule has 116 valence electrons. The smallest absolute Gasteiger partial charge is 0.301 e. The number of nitrogens with zero attached hydrogens (tertiary/aromatic N) is 2. The fourth-order valence-corrected chi connectivity index (χ4v) is 2.63. The van der Waals surface area contributed by atoms with Gasteiger partial charge in [-0.25, -0.2) is 9.88 Å². The van der Waals surface area contributed by atoms with Crippen molar-refractivity contribution in [2.45, 2.75) is 0 Å². The van der Waals surface area contributed by atoms with Crippen LogP contribution in [0.3, 0.4) is 0 Å². The van der Waals surface area contributed by atoms with Gasteiger partial charge in [0.2, 0.25) is 5.95 Å². The van der Waals surface area contributed by atoms with Crippen molar-refractivity contribution < 1.29 is 19.0 Å². The second kappa shape index (κ2) is 6.05. The van der Waals surface area contributed by atoms with Crippen LogP contribution in [-0.4, -0.2) is 21.2 Å². The number of phenols is 1. The number of hydrogen-bond acceptors (Lipinski definition) is 5. The normalized spacial score (nSPS) is 16.1. The number of thiocarbonyl (C=S) groups is 1. The molecule has 2 heterocycles. The van der Waals surface area contributed by atoms with Gasteiger partial charge in [0.05, 0.1) is 16.4 Å². The van der Waals surface area contributed by atoms with Crippen LogP contribution in [0.1, 0.15) is 5.56 Å². The zero-order valence-electron chi connectivity index (χ0n) is 11.4. The van der Waals surface area contributed by atoms with Crippen molar-refractivity contribution in [3.8, 4) is 5.75 Å². The number of anilines is 1. The zero-order chi connectivity index (χ0) is 16.6. The van der Waals surface area contributed by atoms with Gasteiger partial charge < -0.3 is 9.84 Å². The molecule has 1 fully saturated rings. The molecule has 5 nitrogen and oxygen atoms in total. The van der Waals surface area contributed by atoms with Crippen LogP contribution >= 0.6 is 28.1 Å². The first kappa shape index (κ1) is 15.6. The highest BCUT2D eigenvalue weighted by molar-refractivity contribution is 9.10. The molecule has 2 aromatic rings. The molecule has 0 bridgehead atoms. The molecule has 1 aromatic carbocycles. The lowest BCUT2D eigenvalue weighted by Crippen LogP contribution is -2.28. The van der Waals surface area contributed by atoms with Crippen LogP contribution in [0, 0.1) is 5.95 Å². The first-order valence-corrected chi connectivity index (χ1v) is 7.54. The first-order chi connectivity index (χ1) is 11.0. The summed E-state index contributed by atoms with van der Waals surface area (Å²) in [7, 11) is 0. The first-order valence-electron chi connectivity index (χ1n) is 6.34. The maximum absolute atomic E-state index is 12.9. The molecule has 1 aromatic heterocycles. The Hall–Kier alpha value is -2.32. The van der Waals surface area contributed by atoms with Crippen LogP contribution in [0.15, 0.2) is 46.8 Å². The number of ether oxygens (including phenoxy) is 1. The molecule has 1 aliphatic rings. The SMILES string of the molecule is O=C1/C(=C\c2ccc(O)c(Br)c2)OC(=S)N1c1ccc(F)nc1. The van der Waals surface area contributed by atoms with E-state index in [1.54, 1.807) is 12.1 Å². The summed E-state index contributed by atoms with van der Waals surface area (Å²) in [5.74, 6) is -1.03. The lowest BCUT2D eigenvalue weighted by molar-refractivity contribution is -0.114. The van der Waals surface area contributed by atoms with Gasteiger partial charge in [0.25, 0.3) is 5.17 Å². The molecule has 1 N–H and O–H groups in total. The van der Waals surface area contributed by atoms with Gasteiger partial charge >= 0.3 is 5.91 Å². The van der Waals surface area contributed by atoms with E-state index in [1.807, 2.05) is 0 Å². The molecule has 1 amide bonds. The summed E-state index contributed by atoms with van der Waals surface area (Å²) in [6.07, 6.45) is 2.69. The van der Waals surface area contributed by atoms with Crippen molar-refractivity contribution in [2.75, 3.05) is 4.90 Å². The number of aromatic hydroxyl groups is 1. The van der Waals surface area contributed by atoms with Crippen LogP contribution in [0.4, 0.5) is 10.1 Å². The summed E-state index contributed by atoms with van der Waals surface area (Å²) in [5, 5.41) is 9.42. The third kappa shape index (κ3) is 3.08. The molecule has 1 saturated heterocycles. The number of carbonyl (C=O) groups is 1.